The fraction of sp³-hybridized carbons (Fsp3) is 1.00. The molecule has 0 aromatic heterocycles. The zero-order valence-corrected chi connectivity index (χ0v) is 8.38. The lowest BCUT2D eigenvalue weighted by Gasteiger charge is -2.25. The molecule has 1 aliphatic heterocycles. The van der Waals surface area contributed by atoms with E-state index < -0.39 is 11.4 Å². The van der Waals surface area contributed by atoms with E-state index in [9.17, 15) is 5.11 Å². The standard InChI is InChI=1S/C10H18O3/c1-3-8-6-10(8,11)7-9(2)12-4-5-13-9/h8,11H,3-7H2,1-2H3/t8-,10+/m1/s1. The van der Waals surface area contributed by atoms with Crippen LogP contribution in [0.4, 0.5) is 0 Å². The molecule has 76 valence electrons. The molecule has 1 N–H and O–H groups in total. The topological polar surface area (TPSA) is 38.7 Å². The Balaban J connectivity index is 1.91. The minimum Gasteiger partial charge on any atom is -0.389 e. The number of aliphatic hydroxyl groups is 1. The van der Waals surface area contributed by atoms with Gasteiger partial charge in [0.1, 0.15) is 0 Å². The van der Waals surface area contributed by atoms with Crippen molar-refractivity contribution < 1.29 is 14.6 Å². The third-order valence-corrected chi connectivity index (χ3v) is 3.22. The Hall–Kier alpha value is -0.120. The molecule has 1 aliphatic carbocycles. The Morgan fingerprint density at radius 2 is 2.00 bits per heavy atom. The second-order valence-electron chi connectivity index (χ2n) is 4.42. The highest BCUT2D eigenvalue weighted by Gasteiger charge is 2.56. The Kier molecular flexibility index (Phi) is 2.13. The van der Waals surface area contributed by atoms with Gasteiger partial charge >= 0.3 is 0 Å². The van der Waals surface area contributed by atoms with Crippen LogP contribution in [0, 0.1) is 5.92 Å². The maximum absolute atomic E-state index is 10.1. The van der Waals surface area contributed by atoms with Crippen LogP contribution in [-0.2, 0) is 9.47 Å². The van der Waals surface area contributed by atoms with Crippen LogP contribution in [-0.4, -0.2) is 29.7 Å². The van der Waals surface area contributed by atoms with Crippen molar-refractivity contribution in [2.75, 3.05) is 13.2 Å². The first-order valence-electron chi connectivity index (χ1n) is 5.08. The van der Waals surface area contributed by atoms with Gasteiger partial charge in [-0.1, -0.05) is 13.3 Å². The predicted molar refractivity (Wildman–Crippen MR) is 48.3 cm³/mol. The van der Waals surface area contributed by atoms with Crippen molar-refractivity contribution >= 4 is 0 Å². The zero-order valence-electron chi connectivity index (χ0n) is 8.38. The fourth-order valence-corrected chi connectivity index (χ4v) is 2.32. The van der Waals surface area contributed by atoms with Gasteiger partial charge in [0.15, 0.2) is 5.79 Å². The number of ether oxygens (including phenoxy) is 2. The first kappa shape index (κ1) is 9.44. The molecule has 3 heteroatoms. The van der Waals surface area contributed by atoms with Crippen molar-refractivity contribution in [2.45, 2.75) is 44.5 Å². The van der Waals surface area contributed by atoms with Gasteiger partial charge in [-0.05, 0) is 19.3 Å². The molecule has 1 heterocycles. The highest BCUT2D eigenvalue weighted by molar-refractivity contribution is 5.05. The summed E-state index contributed by atoms with van der Waals surface area (Å²) < 4.78 is 10.9. The highest BCUT2D eigenvalue weighted by atomic mass is 16.7. The third kappa shape index (κ3) is 1.73. The van der Waals surface area contributed by atoms with E-state index in [0.29, 0.717) is 25.6 Å². The minimum absolute atomic E-state index is 0.456. The van der Waals surface area contributed by atoms with Crippen LogP contribution in [0.15, 0.2) is 0 Å². The molecule has 0 bridgehead atoms. The maximum atomic E-state index is 10.1. The summed E-state index contributed by atoms with van der Waals surface area (Å²) in [5.74, 6) is -0.0734. The van der Waals surface area contributed by atoms with Gasteiger partial charge in [0.05, 0.1) is 18.8 Å². The number of hydrogen-bond donors (Lipinski definition) is 1. The smallest absolute Gasteiger partial charge is 0.168 e. The first-order valence-corrected chi connectivity index (χ1v) is 5.08. The van der Waals surface area contributed by atoms with Crippen LogP contribution in [0.5, 0.6) is 0 Å². The van der Waals surface area contributed by atoms with Crippen LogP contribution in [0.3, 0.4) is 0 Å². The minimum atomic E-state index is -0.529. The molecule has 3 nitrogen and oxygen atoms in total. The van der Waals surface area contributed by atoms with E-state index in [4.69, 9.17) is 9.47 Å². The monoisotopic (exact) mass is 186 g/mol. The van der Waals surface area contributed by atoms with Crippen LogP contribution < -0.4 is 0 Å². The molecule has 2 rings (SSSR count). The summed E-state index contributed by atoms with van der Waals surface area (Å²) in [4.78, 5) is 0. The summed E-state index contributed by atoms with van der Waals surface area (Å²) in [6, 6.07) is 0. The van der Waals surface area contributed by atoms with Gasteiger partial charge < -0.3 is 14.6 Å². The largest absolute Gasteiger partial charge is 0.389 e. The van der Waals surface area contributed by atoms with Gasteiger partial charge in [0.2, 0.25) is 0 Å². The summed E-state index contributed by atoms with van der Waals surface area (Å²) in [5.41, 5.74) is -0.506. The van der Waals surface area contributed by atoms with E-state index in [0.717, 1.165) is 12.8 Å². The van der Waals surface area contributed by atoms with Gasteiger partial charge in [-0.25, -0.2) is 0 Å². The zero-order chi connectivity index (χ0) is 9.53. The van der Waals surface area contributed by atoms with Crippen LogP contribution in [0.2, 0.25) is 0 Å². The summed E-state index contributed by atoms with van der Waals surface area (Å²) in [7, 11) is 0. The molecule has 0 unspecified atom stereocenters. The summed E-state index contributed by atoms with van der Waals surface area (Å²) in [6.07, 6.45) is 2.58. The molecule has 2 fully saturated rings. The predicted octanol–water partition coefficient (Wildman–Crippen LogP) is 1.30. The quantitative estimate of drug-likeness (QED) is 0.722. The lowest BCUT2D eigenvalue weighted by Crippen LogP contribution is -2.33. The first-order chi connectivity index (χ1) is 6.08. The Morgan fingerprint density at radius 3 is 2.46 bits per heavy atom. The molecular weight excluding hydrogens is 168 g/mol. The lowest BCUT2D eigenvalue weighted by molar-refractivity contribution is -0.168. The van der Waals surface area contributed by atoms with Gasteiger partial charge in [-0.2, -0.15) is 0 Å². The van der Waals surface area contributed by atoms with Crippen molar-refractivity contribution in [3.05, 3.63) is 0 Å². The fourth-order valence-electron chi connectivity index (χ4n) is 2.32. The van der Waals surface area contributed by atoms with Crippen molar-refractivity contribution in [2.24, 2.45) is 5.92 Å². The lowest BCUT2D eigenvalue weighted by atomic mass is 10.1. The molecule has 0 spiro atoms. The van der Waals surface area contributed by atoms with Crippen LogP contribution >= 0.6 is 0 Å². The second-order valence-corrected chi connectivity index (χ2v) is 4.42. The van der Waals surface area contributed by atoms with E-state index in [-0.39, 0.29) is 0 Å². The van der Waals surface area contributed by atoms with Gasteiger partial charge in [0.25, 0.3) is 0 Å². The van der Waals surface area contributed by atoms with E-state index in [1.807, 2.05) is 6.92 Å². The second kappa shape index (κ2) is 2.94. The van der Waals surface area contributed by atoms with Gasteiger partial charge in [0, 0.05) is 6.42 Å². The van der Waals surface area contributed by atoms with Crippen molar-refractivity contribution in [1.82, 2.24) is 0 Å². The molecule has 1 saturated heterocycles. The summed E-state index contributed by atoms with van der Waals surface area (Å²) >= 11 is 0. The molecule has 2 atom stereocenters. The maximum Gasteiger partial charge on any atom is 0.168 e. The van der Waals surface area contributed by atoms with Crippen LogP contribution in [0.25, 0.3) is 0 Å². The molecule has 0 amide bonds. The van der Waals surface area contributed by atoms with Crippen molar-refractivity contribution in [1.29, 1.82) is 0 Å². The summed E-state index contributed by atoms with van der Waals surface area (Å²) in [6.45, 7) is 5.34. The van der Waals surface area contributed by atoms with E-state index in [1.165, 1.54) is 0 Å². The normalized spacial score (nSPS) is 42.2. The van der Waals surface area contributed by atoms with Gasteiger partial charge in [-0.3, -0.25) is 0 Å². The average molecular weight is 186 g/mol. The third-order valence-electron chi connectivity index (χ3n) is 3.22. The van der Waals surface area contributed by atoms with Gasteiger partial charge in [-0.15, -0.1) is 0 Å². The molecule has 13 heavy (non-hydrogen) atoms. The van der Waals surface area contributed by atoms with Crippen molar-refractivity contribution in [3.8, 4) is 0 Å². The van der Waals surface area contributed by atoms with E-state index in [2.05, 4.69) is 6.92 Å². The Labute approximate surface area is 79.0 Å². The van der Waals surface area contributed by atoms with E-state index in [1.54, 1.807) is 0 Å². The van der Waals surface area contributed by atoms with Crippen LogP contribution in [0.1, 0.15) is 33.1 Å². The van der Waals surface area contributed by atoms with E-state index >= 15 is 0 Å². The number of rotatable bonds is 3. The molecule has 0 radical (unpaired) electrons. The molecule has 0 aromatic rings. The summed E-state index contributed by atoms with van der Waals surface area (Å²) in [5, 5.41) is 10.1. The SMILES string of the molecule is CC[C@@H]1C[C@]1(O)CC1(C)OCCO1. The highest BCUT2D eigenvalue weighted by Crippen LogP contribution is 2.51. The number of hydrogen-bond acceptors (Lipinski definition) is 3. The average Bonchev–Trinajstić information content (AvgIpc) is 2.49. The van der Waals surface area contributed by atoms with Crippen molar-refractivity contribution in [3.63, 3.8) is 0 Å². The molecular formula is C10H18O3. The molecule has 2 aliphatic rings. The Morgan fingerprint density at radius 1 is 1.38 bits per heavy atom. The molecule has 0 aromatic carbocycles. The Bertz CT molecular complexity index is 198. The molecule has 1 saturated carbocycles.